The normalized spacial score (nSPS) is 12.2. The highest BCUT2D eigenvalue weighted by molar-refractivity contribution is 9.10. The standard InChI is InChI=1S/C24H24BrNO2/c1-16(2)26-14-6-9-21(24(26)28)23(27)15-22(18-10-12-19(25)13-11-18)20-8-5-4-7-17(20)3/h4-14,16,22H,15H2,1-3H3. The summed E-state index contributed by atoms with van der Waals surface area (Å²) in [6, 6.07) is 19.6. The minimum absolute atomic E-state index is 0.0129. The number of halogens is 1. The molecule has 0 amide bonds. The molecule has 0 fully saturated rings. The first-order valence-electron chi connectivity index (χ1n) is 9.44. The van der Waals surface area contributed by atoms with E-state index < -0.39 is 0 Å². The molecule has 0 spiro atoms. The molecule has 28 heavy (non-hydrogen) atoms. The fraction of sp³-hybridized carbons (Fsp3) is 0.250. The van der Waals surface area contributed by atoms with Gasteiger partial charge in [0, 0.05) is 29.1 Å². The second kappa shape index (κ2) is 8.70. The fourth-order valence-corrected chi connectivity index (χ4v) is 3.77. The number of aryl methyl sites for hydroxylation is 1. The lowest BCUT2D eigenvalue weighted by Crippen LogP contribution is -2.27. The third kappa shape index (κ3) is 4.33. The largest absolute Gasteiger partial charge is 0.312 e. The van der Waals surface area contributed by atoms with Crippen molar-refractivity contribution in [3.63, 3.8) is 0 Å². The summed E-state index contributed by atoms with van der Waals surface area (Å²) in [5.74, 6) is -0.231. The average Bonchev–Trinajstić information content (AvgIpc) is 2.67. The number of Topliss-reactive ketones (excluding diaryl/α,β-unsaturated/α-hetero) is 1. The molecule has 0 radical (unpaired) electrons. The van der Waals surface area contributed by atoms with E-state index in [4.69, 9.17) is 0 Å². The molecule has 0 saturated heterocycles. The molecule has 0 saturated carbocycles. The Morgan fingerprint density at radius 1 is 1.00 bits per heavy atom. The predicted octanol–water partition coefficient (Wildman–Crippen LogP) is 5.91. The van der Waals surface area contributed by atoms with Crippen molar-refractivity contribution in [1.82, 2.24) is 4.57 Å². The number of hydrogen-bond donors (Lipinski definition) is 0. The van der Waals surface area contributed by atoms with Crippen LogP contribution in [0.2, 0.25) is 0 Å². The van der Waals surface area contributed by atoms with Crippen LogP contribution in [-0.4, -0.2) is 10.4 Å². The van der Waals surface area contributed by atoms with Gasteiger partial charge in [-0.2, -0.15) is 0 Å². The number of carbonyl (C=O) groups is 1. The molecule has 0 aliphatic carbocycles. The van der Waals surface area contributed by atoms with Crippen LogP contribution in [0.5, 0.6) is 0 Å². The van der Waals surface area contributed by atoms with E-state index in [-0.39, 0.29) is 35.3 Å². The molecular formula is C24H24BrNO2. The van der Waals surface area contributed by atoms with E-state index >= 15 is 0 Å². The third-order valence-corrected chi connectivity index (χ3v) is 5.59. The highest BCUT2D eigenvalue weighted by Gasteiger charge is 2.22. The van der Waals surface area contributed by atoms with Crippen LogP contribution in [0.1, 0.15) is 59.3 Å². The number of hydrogen-bond acceptors (Lipinski definition) is 2. The molecular weight excluding hydrogens is 414 g/mol. The maximum absolute atomic E-state index is 13.2. The molecule has 1 heterocycles. The highest BCUT2D eigenvalue weighted by atomic mass is 79.9. The second-order valence-electron chi connectivity index (χ2n) is 7.32. The lowest BCUT2D eigenvalue weighted by Gasteiger charge is -2.20. The number of aromatic nitrogens is 1. The molecule has 0 bridgehead atoms. The molecule has 1 aromatic heterocycles. The SMILES string of the molecule is Cc1ccccc1C(CC(=O)c1cccn(C(C)C)c1=O)c1ccc(Br)cc1. The van der Waals surface area contributed by atoms with Crippen molar-refractivity contribution in [1.29, 1.82) is 0 Å². The number of pyridine rings is 1. The third-order valence-electron chi connectivity index (χ3n) is 5.06. The number of carbonyl (C=O) groups excluding carboxylic acids is 1. The first-order valence-corrected chi connectivity index (χ1v) is 10.2. The Labute approximate surface area is 174 Å². The Kier molecular flexibility index (Phi) is 6.30. The van der Waals surface area contributed by atoms with Crippen molar-refractivity contribution < 1.29 is 4.79 Å². The topological polar surface area (TPSA) is 39.1 Å². The van der Waals surface area contributed by atoms with Crippen LogP contribution >= 0.6 is 15.9 Å². The van der Waals surface area contributed by atoms with Crippen LogP contribution in [0.3, 0.4) is 0 Å². The van der Waals surface area contributed by atoms with Crippen LogP contribution in [0.15, 0.2) is 76.1 Å². The lowest BCUT2D eigenvalue weighted by atomic mass is 9.84. The molecule has 3 rings (SSSR count). The van der Waals surface area contributed by atoms with Gasteiger partial charge in [-0.05, 0) is 61.7 Å². The Hall–Kier alpha value is -2.46. The molecule has 4 heteroatoms. The van der Waals surface area contributed by atoms with Crippen molar-refractivity contribution in [2.24, 2.45) is 0 Å². The van der Waals surface area contributed by atoms with Crippen LogP contribution < -0.4 is 5.56 Å². The molecule has 0 N–H and O–H groups in total. The Morgan fingerprint density at radius 2 is 1.68 bits per heavy atom. The van der Waals surface area contributed by atoms with E-state index in [0.29, 0.717) is 0 Å². The fourth-order valence-electron chi connectivity index (χ4n) is 3.50. The lowest BCUT2D eigenvalue weighted by molar-refractivity contribution is 0.0975. The van der Waals surface area contributed by atoms with Crippen LogP contribution in [0.25, 0.3) is 0 Å². The van der Waals surface area contributed by atoms with Gasteiger partial charge >= 0.3 is 0 Å². The number of ketones is 1. The number of nitrogens with zero attached hydrogens (tertiary/aromatic N) is 1. The minimum atomic E-state index is -0.221. The smallest absolute Gasteiger partial charge is 0.261 e. The zero-order valence-corrected chi connectivity index (χ0v) is 17.9. The first-order chi connectivity index (χ1) is 13.4. The molecule has 0 aliphatic heterocycles. The van der Waals surface area contributed by atoms with Gasteiger partial charge in [-0.1, -0.05) is 52.3 Å². The quantitative estimate of drug-likeness (QED) is 0.449. The minimum Gasteiger partial charge on any atom is -0.312 e. The average molecular weight is 438 g/mol. The highest BCUT2D eigenvalue weighted by Crippen LogP contribution is 2.32. The van der Waals surface area contributed by atoms with E-state index in [1.807, 2.05) is 50.2 Å². The summed E-state index contributed by atoms with van der Waals surface area (Å²) >= 11 is 3.47. The van der Waals surface area contributed by atoms with E-state index in [1.54, 1.807) is 22.9 Å². The van der Waals surface area contributed by atoms with Gasteiger partial charge in [0.1, 0.15) is 0 Å². The molecule has 144 valence electrons. The van der Waals surface area contributed by atoms with Crippen molar-refractivity contribution in [3.8, 4) is 0 Å². The van der Waals surface area contributed by atoms with Crippen LogP contribution in [0, 0.1) is 6.92 Å². The molecule has 2 aromatic carbocycles. The van der Waals surface area contributed by atoms with Gasteiger partial charge in [0.05, 0.1) is 5.56 Å². The molecule has 3 nitrogen and oxygen atoms in total. The van der Waals surface area contributed by atoms with Crippen molar-refractivity contribution in [3.05, 3.63) is 104 Å². The van der Waals surface area contributed by atoms with E-state index in [2.05, 4.69) is 35.0 Å². The first kappa shape index (κ1) is 20.3. The van der Waals surface area contributed by atoms with Crippen molar-refractivity contribution in [2.75, 3.05) is 0 Å². The van der Waals surface area contributed by atoms with Gasteiger partial charge in [0.25, 0.3) is 5.56 Å². The van der Waals surface area contributed by atoms with Gasteiger partial charge in [-0.3, -0.25) is 9.59 Å². The number of benzene rings is 2. The molecule has 3 aromatic rings. The summed E-state index contributed by atoms with van der Waals surface area (Å²) in [6.45, 7) is 5.93. The summed E-state index contributed by atoms with van der Waals surface area (Å²) in [6.07, 6.45) is 1.99. The van der Waals surface area contributed by atoms with Gasteiger partial charge in [-0.15, -0.1) is 0 Å². The molecule has 0 aliphatic rings. The van der Waals surface area contributed by atoms with Crippen molar-refractivity contribution >= 4 is 21.7 Å². The summed E-state index contributed by atoms with van der Waals surface area (Å²) in [4.78, 5) is 25.9. The van der Waals surface area contributed by atoms with E-state index in [0.717, 1.165) is 21.2 Å². The summed E-state index contributed by atoms with van der Waals surface area (Å²) < 4.78 is 2.60. The summed E-state index contributed by atoms with van der Waals surface area (Å²) in [7, 11) is 0. The van der Waals surface area contributed by atoms with E-state index in [9.17, 15) is 9.59 Å². The van der Waals surface area contributed by atoms with Gasteiger partial charge in [0.15, 0.2) is 5.78 Å². The van der Waals surface area contributed by atoms with Gasteiger partial charge in [-0.25, -0.2) is 0 Å². The Bertz CT molecular complexity index is 1030. The molecule has 1 atom stereocenters. The number of rotatable bonds is 6. The van der Waals surface area contributed by atoms with Gasteiger partial charge in [0.2, 0.25) is 0 Å². The maximum Gasteiger partial charge on any atom is 0.261 e. The zero-order valence-electron chi connectivity index (χ0n) is 16.4. The van der Waals surface area contributed by atoms with Crippen molar-refractivity contribution in [2.45, 2.75) is 39.2 Å². The second-order valence-corrected chi connectivity index (χ2v) is 8.23. The zero-order chi connectivity index (χ0) is 20.3. The van der Waals surface area contributed by atoms with Crippen LogP contribution in [0.4, 0.5) is 0 Å². The van der Waals surface area contributed by atoms with Crippen LogP contribution in [-0.2, 0) is 0 Å². The van der Waals surface area contributed by atoms with Gasteiger partial charge < -0.3 is 4.57 Å². The predicted molar refractivity (Wildman–Crippen MR) is 117 cm³/mol. The Morgan fingerprint density at radius 3 is 2.32 bits per heavy atom. The molecule has 1 unspecified atom stereocenters. The Balaban J connectivity index is 2.02. The monoisotopic (exact) mass is 437 g/mol. The summed E-state index contributed by atoms with van der Waals surface area (Å²) in [5, 5.41) is 0. The van der Waals surface area contributed by atoms with E-state index in [1.165, 1.54) is 0 Å². The summed E-state index contributed by atoms with van der Waals surface area (Å²) in [5.41, 5.74) is 3.34. The maximum atomic E-state index is 13.2.